The van der Waals surface area contributed by atoms with Crippen molar-refractivity contribution >= 4 is 17.9 Å². The van der Waals surface area contributed by atoms with Gasteiger partial charge < -0.3 is 14.2 Å². The fourth-order valence-electron chi connectivity index (χ4n) is 8.03. The fraction of sp³-hybridized carbons (Fsp3) is 0.539. The van der Waals surface area contributed by atoms with E-state index in [9.17, 15) is 14.4 Å². The van der Waals surface area contributed by atoms with Crippen molar-refractivity contribution in [2.45, 2.75) is 252 Å². The van der Waals surface area contributed by atoms with Crippen molar-refractivity contribution in [3.63, 3.8) is 0 Å². The molecule has 0 aliphatic rings. The van der Waals surface area contributed by atoms with Gasteiger partial charge >= 0.3 is 17.9 Å². The lowest BCUT2D eigenvalue weighted by Crippen LogP contribution is -2.30. The molecule has 6 nitrogen and oxygen atoms in total. The monoisotopic (exact) mass is 1120 g/mol. The third-order valence-electron chi connectivity index (χ3n) is 12.8. The Morgan fingerprint density at radius 2 is 0.488 bits per heavy atom. The molecule has 0 rings (SSSR count). The first-order chi connectivity index (χ1) is 40.5. The van der Waals surface area contributed by atoms with Crippen molar-refractivity contribution in [1.29, 1.82) is 0 Å². The van der Waals surface area contributed by atoms with Gasteiger partial charge in [-0.2, -0.15) is 0 Å². The maximum Gasteiger partial charge on any atom is 0.306 e. The molecule has 0 aliphatic heterocycles. The molecule has 0 amide bonds. The Bertz CT molecular complexity index is 1970. The molecule has 0 aromatic carbocycles. The Morgan fingerprint density at radius 3 is 0.817 bits per heavy atom. The molecule has 0 saturated heterocycles. The summed E-state index contributed by atoms with van der Waals surface area (Å²) in [7, 11) is 0. The number of carbonyl (C=O) groups is 3. The number of hydrogen-bond donors (Lipinski definition) is 0. The van der Waals surface area contributed by atoms with Gasteiger partial charge in [-0.25, -0.2) is 0 Å². The summed E-state index contributed by atoms with van der Waals surface area (Å²) >= 11 is 0. The predicted octanol–water partition coefficient (Wildman–Crippen LogP) is 22.6. The summed E-state index contributed by atoms with van der Waals surface area (Å²) in [5, 5.41) is 0. The smallest absolute Gasteiger partial charge is 0.306 e. The second-order valence-corrected chi connectivity index (χ2v) is 20.5. The molecule has 0 aromatic heterocycles. The van der Waals surface area contributed by atoms with Gasteiger partial charge in [0.2, 0.25) is 0 Å². The summed E-state index contributed by atoms with van der Waals surface area (Å²) < 4.78 is 16.8. The van der Waals surface area contributed by atoms with Gasteiger partial charge in [0.05, 0.1) is 0 Å². The SMILES string of the molecule is CC/C=C\C/C=C\C/C=C\C/C=C\C/C=C\C/C=C\C/C=C\C/C=C\C/C=C\C/C=C\CCCCC(=O)OCC(COC(=O)CCCCCCC/C=C\CCCCCCC)OC(=O)CCC/C=C\C/C=C\C/C=C\C/C=C\C/C=C\CC. The molecular formula is C76H116O6. The first-order valence-electron chi connectivity index (χ1n) is 32.4. The van der Waals surface area contributed by atoms with Gasteiger partial charge in [0.1, 0.15) is 13.2 Å². The van der Waals surface area contributed by atoms with Gasteiger partial charge in [-0.3, -0.25) is 14.4 Å². The van der Waals surface area contributed by atoms with Gasteiger partial charge in [-0.1, -0.05) is 260 Å². The zero-order chi connectivity index (χ0) is 59.2. The second kappa shape index (κ2) is 67.8. The van der Waals surface area contributed by atoms with Crippen LogP contribution in [-0.2, 0) is 28.6 Å². The normalized spacial score (nSPS) is 13.5. The zero-order valence-electron chi connectivity index (χ0n) is 52.2. The van der Waals surface area contributed by atoms with Crippen LogP contribution < -0.4 is 0 Å². The van der Waals surface area contributed by atoms with Crippen molar-refractivity contribution in [2.24, 2.45) is 0 Å². The number of esters is 3. The van der Waals surface area contributed by atoms with Crippen molar-refractivity contribution in [2.75, 3.05) is 13.2 Å². The molecular weight excluding hydrogens is 1010 g/mol. The van der Waals surface area contributed by atoms with E-state index in [4.69, 9.17) is 14.2 Å². The first-order valence-corrected chi connectivity index (χ1v) is 32.4. The first kappa shape index (κ1) is 76.2. The van der Waals surface area contributed by atoms with E-state index < -0.39 is 6.10 Å². The Hall–Kier alpha value is -5.75. The maximum absolute atomic E-state index is 12.9. The van der Waals surface area contributed by atoms with Crippen molar-refractivity contribution in [1.82, 2.24) is 0 Å². The van der Waals surface area contributed by atoms with Crippen molar-refractivity contribution in [3.05, 3.63) is 194 Å². The van der Waals surface area contributed by atoms with Gasteiger partial charge in [-0.05, 0) is 161 Å². The molecule has 0 heterocycles. The standard InChI is InChI=1S/C76H116O6/c1-4-7-10-13-16-19-22-25-28-30-31-32-33-34-35-36-37-38-39-40-41-42-43-44-45-47-48-51-54-57-60-63-66-69-75(78)81-72-73(71-80-74(77)68-65-62-59-56-53-50-27-24-21-18-15-12-9-6-3)82-76(79)70-67-64-61-58-55-52-49-46-29-26-23-20-17-14-11-8-5-2/h7-8,10-11,16-17,19-20,24-29,31-32,34-35,37-38,40-41,43-44,47-49,52,54,57-58,61,73H,4-6,9,12-15,18,21-23,30,33,36,39,42,45-46,50-51,53,55-56,59-60,62-72H2,1-3H3/b10-7-,11-8-,19-16-,20-17-,27-24-,28-25-,29-26-,32-31-,35-34-,38-37-,41-40-,44-43-,48-47-,52-49-,57-54-,61-58-. The molecule has 0 saturated carbocycles. The summed E-state index contributed by atoms with van der Waals surface area (Å²) in [4.78, 5) is 38.3. The minimum atomic E-state index is -0.841. The Morgan fingerprint density at radius 1 is 0.256 bits per heavy atom. The lowest BCUT2D eigenvalue weighted by Gasteiger charge is -2.18. The summed E-state index contributed by atoms with van der Waals surface area (Å²) in [6.07, 6.45) is 103. The van der Waals surface area contributed by atoms with E-state index in [0.29, 0.717) is 19.3 Å². The molecule has 0 bridgehead atoms. The quantitative estimate of drug-likeness (QED) is 0.0261. The summed E-state index contributed by atoms with van der Waals surface area (Å²) in [6, 6.07) is 0. The van der Waals surface area contributed by atoms with Crippen LogP contribution in [0.25, 0.3) is 0 Å². The molecule has 6 heteroatoms. The Kier molecular flexibility index (Phi) is 63.0. The number of unbranched alkanes of at least 4 members (excludes halogenated alkanes) is 13. The molecule has 0 fully saturated rings. The van der Waals surface area contributed by atoms with E-state index in [2.05, 4.69) is 215 Å². The maximum atomic E-state index is 12.9. The van der Waals surface area contributed by atoms with Crippen molar-refractivity contribution < 1.29 is 28.6 Å². The van der Waals surface area contributed by atoms with Crippen LogP contribution in [0.4, 0.5) is 0 Å². The molecule has 0 N–H and O–H groups in total. The largest absolute Gasteiger partial charge is 0.462 e. The lowest BCUT2D eigenvalue weighted by atomic mass is 10.1. The number of carbonyl (C=O) groups excluding carboxylic acids is 3. The van der Waals surface area contributed by atoms with Gasteiger partial charge in [0.15, 0.2) is 6.10 Å². The summed E-state index contributed by atoms with van der Waals surface area (Å²) in [5.74, 6) is -1.05. The fourth-order valence-corrected chi connectivity index (χ4v) is 8.03. The number of rotatable bonds is 56. The van der Waals surface area contributed by atoms with Crippen LogP contribution in [0.1, 0.15) is 245 Å². The summed E-state index contributed by atoms with van der Waals surface area (Å²) in [6.45, 7) is 6.29. The highest BCUT2D eigenvalue weighted by Gasteiger charge is 2.19. The molecule has 456 valence electrons. The zero-order valence-corrected chi connectivity index (χ0v) is 52.2. The highest BCUT2D eigenvalue weighted by Crippen LogP contribution is 2.12. The Balaban J connectivity index is 4.49. The van der Waals surface area contributed by atoms with Crippen molar-refractivity contribution in [3.8, 4) is 0 Å². The summed E-state index contributed by atoms with van der Waals surface area (Å²) in [5.41, 5.74) is 0. The molecule has 82 heavy (non-hydrogen) atoms. The molecule has 0 radical (unpaired) electrons. The third-order valence-corrected chi connectivity index (χ3v) is 12.8. The highest BCUT2D eigenvalue weighted by molar-refractivity contribution is 5.71. The number of ether oxygens (including phenoxy) is 3. The highest BCUT2D eigenvalue weighted by atomic mass is 16.6. The van der Waals surface area contributed by atoms with Gasteiger partial charge in [0, 0.05) is 19.3 Å². The van der Waals surface area contributed by atoms with E-state index in [-0.39, 0.29) is 44.0 Å². The molecule has 0 spiro atoms. The van der Waals surface area contributed by atoms with Crippen LogP contribution >= 0.6 is 0 Å². The average Bonchev–Trinajstić information content (AvgIpc) is 3.47. The van der Waals surface area contributed by atoms with E-state index in [1.54, 1.807) is 0 Å². The van der Waals surface area contributed by atoms with Crippen LogP contribution in [0.3, 0.4) is 0 Å². The number of hydrogen-bond acceptors (Lipinski definition) is 6. The lowest BCUT2D eigenvalue weighted by molar-refractivity contribution is -0.167. The van der Waals surface area contributed by atoms with Crippen LogP contribution in [0.5, 0.6) is 0 Å². The van der Waals surface area contributed by atoms with Crippen LogP contribution in [-0.4, -0.2) is 37.2 Å². The van der Waals surface area contributed by atoms with Gasteiger partial charge in [0.25, 0.3) is 0 Å². The predicted molar refractivity (Wildman–Crippen MR) is 357 cm³/mol. The van der Waals surface area contributed by atoms with E-state index in [1.807, 2.05) is 0 Å². The minimum absolute atomic E-state index is 0.128. The molecule has 1 unspecified atom stereocenters. The topological polar surface area (TPSA) is 78.9 Å². The van der Waals surface area contributed by atoms with Gasteiger partial charge in [-0.15, -0.1) is 0 Å². The Labute approximate surface area is 503 Å². The average molecular weight is 1130 g/mol. The van der Waals surface area contributed by atoms with Crippen LogP contribution in [0, 0.1) is 0 Å². The van der Waals surface area contributed by atoms with Crippen LogP contribution in [0.15, 0.2) is 194 Å². The molecule has 0 aromatic rings. The molecule has 0 aliphatic carbocycles. The van der Waals surface area contributed by atoms with Crippen LogP contribution in [0.2, 0.25) is 0 Å². The van der Waals surface area contributed by atoms with E-state index >= 15 is 0 Å². The molecule has 1 atom stereocenters. The second-order valence-electron chi connectivity index (χ2n) is 20.5. The minimum Gasteiger partial charge on any atom is -0.462 e. The number of allylic oxidation sites excluding steroid dienone is 32. The van der Waals surface area contributed by atoms with E-state index in [0.717, 1.165) is 148 Å². The third kappa shape index (κ3) is 65.1. The van der Waals surface area contributed by atoms with E-state index in [1.165, 1.54) is 44.9 Å².